The molecule has 0 saturated carbocycles. The van der Waals surface area contributed by atoms with Gasteiger partial charge in [0.15, 0.2) is 0 Å². The fraction of sp³-hybridized carbons (Fsp3) is 1.00. The van der Waals surface area contributed by atoms with Crippen molar-refractivity contribution in [3.8, 4) is 0 Å². The first-order chi connectivity index (χ1) is 6.61. The maximum absolute atomic E-state index is 3.25. The summed E-state index contributed by atoms with van der Waals surface area (Å²) in [5.41, 5.74) is 0. The zero-order valence-electron chi connectivity index (χ0n) is 10.2. The second-order valence-corrected chi connectivity index (χ2v) is 5.33. The van der Waals surface area contributed by atoms with E-state index in [9.17, 15) is 0 Å². The molecule has 0 amide bonds. The third kappa shape index (κ3) is 3.97. The number of nitrogens with one attached hydrogen (secondary N) is 1. The Labute approximate surface area is 89.1 Å². The lowest BCUT2D eigenvalue weighted by molar-refractivity contribution is 0.125. The van der Waals surface area contributed by atoms with Gasteiger partial charge < -0.3 is 10.2 Å². The molecule has 0 bridgehead atoms. The minimum Gasteiger partial charge on any atom is -0.319 e. The highest BCUT2D eigenvalue weighted by Crippen LogP contribution is 2.21. The predicted octanol–water partition coefficient (Wildman–Crippen LogP) is 1.82. The number of nitrogens with zero attached hydrogens (tertiary/aromatic N) is 1. The Kier molecular flexibility index (Phi) is 4.90. The number of hydrogen-bond acceptors (Lipinski definition) is 2. The summed E-state index contributed by atoms with van der Waals surface area (Å²) in [6, 6.07) is 0. The molecule has 1 rings (SSSR count). The van der Waals surface area contributed by atoms with Crippen molar-refractivity contribution in [3.63, 3.8) is 0 Å². The van der Waals surface area contributed by atoms with Crippen LogP contribution in [-0.2, 0) is 0 Å². The molecular weight excluding hydrogens is 172 g/mol. The molecule has 1 saturated heterocycles. The summed E-state index contributed by atoms with van der Waals surface area (Å²) in [6.45, 7) is 12.1. The summed E-state index contributed by atoms with van der Waals surface area (Å²) in [7, 11) is 2.04. The highest BCUT2D eigenvalue weighted by atomic mass is 15.1. The van der Waals surface area contributed by atoms with Crippen LogP contribution in [0.15, 0.2) is 0 Å². The van der Waals surface area contributed by atoms with E-state index in [0.717, 1.165) is 24.3 Å². The number of likely N-dealkylation sites (tertiary alicyclic amines) is 1. The molecule has 0 aromatic carbocycles. The van der Waals surface area contributed by atoms with Gasteiger partial charge in [-0.25, -0.2) is 0 Å². The Hall–Kier alpha value is -0.0800. The summed E-state index contributed by atoms with van der Waals surface area (Å²) in [4.78, 5) is 2.64. The van der Waals surface area contributed by atoms with Crippen molar-refractivity contribution in [2.24, 2.45) is 17.8 Å². The van der Waals surface area contributed by atoms with Gasteiger partial charge in [-0.1, -0.05) is 20.8 Å². The van der Waals surface area contributed by atoms with Crippen LogP contribution < -0.4 is 5.32 Å². The van der Waals surface area contributed by atoms with Crippen LogP contribution in [-0.4, -0.2) is 38.1 Å². The second-order valence-electron chi connectivity index (χ2n) is 5.33. The van der Waals surface area contributed by atoms with Gasteiger partial charge in [0, 0.05) is 19.6 Å². The number of hydrogen-bond donors (Lipinski definition) is 1. The van der Waals surface area contributed by atoms with E-state index in [1.807, 2.05) is 7.05 Å². The Morgan fingerprint density at radius 3 is 2.36 bits per heavy atom. The number of rotatable bonds is 4. The lowest BCUT2D eigenvalue weighted by Crippen LogP contribution is -2.42. The van der Waals surface area contributed by atoms with Crippen molar-refractivity contribution >= 4 is 0 Å². The van der Waals surface area contributed by atoms with Crippen molar-refractivity contribution in [2.45, 2.75) is 27.2 Å². The van der Waals surface area contributed by atoms with Gasteiger partial charge in [-0.05, 0) is 37.8 Å². The predicted molar refractivity (Wildman–Crippen MR) is 62.5 cm³/mol. The van der Waals surface area contributed by atoms with E-state index < -0.39 is 0 Å². The van der Waals surface area contributed by atoms with Gasteiger partial charge in [-0.3, -0.25) is 0 Å². The van der Waals surface area contributed by atoms with Crippen LogP contribution in [0, 0.1) is 17.8 Å². The Morgan fingerprint density at radius 1 is 1.29 bits per heavy atom. The smallest absolute Gasteiger partial charge is 0.00194 e. The quantitative estimate of drug-likeness (QED) is 0.741. The molecule has 1 N–H and O–H groups in total. The van der Waals surface area contributed by atoms with Crippen LogP contribution >= 0.6 is 0 Å². The third-order valence-electron chi connectivity index (χ3n) is 3.07. The highest BCUT2D eigenvalue weighted by molar-refractivity contribution is 4.76. The van der Waals surface area contributed by atoms with Crippen molar-refractivity contribution in [2.75, 3.05) is 33.2 Å². The number of piperidine rings is 1. The third-order valence-corrected chi connectivity index (χ3v) is 3.07. The van der Waals surface area contributed by atoms with E-state index in [2.05, 4.69) is 31.0 Å². The van der Waals surface area contributed by atoms with E-state index in [0.29, 0.717) is 0 Å². The molecule has 84 valence electrons. The Balaban J connectivity index is 2.29. The van der Waals surface area contributed by atoms with E-state index in [1.54, 1.807) is 0 Å². The van der Waals surface area contributed by atoms with Crippen LogP contribution in [0.25, 0.3) is 0 Å². The Bertz CT molecular complexity index is 148. The minimum atomic E-state index is 0.775. The molecule has 0 aromatic rings. The van der Waals surface area contributed by atoms with Crippen molar-refractivity contribution in [1.29, 1.82) is 0 Å². The molecule has 14 heavy (non-hydrogen) atoms. The zero-order valence-corrected chi connectivity index (χ0v) is 10.2. The summed E-state index contributed by atoms with van der Waals surface area (Å²) >= 11 is 0. The maximum atomic E-state index is 3.25. The first kappa shape index (κ1) is 12.0. The molecule has 1 fully saturated rings. The molecule has 2 nitrogen and oxygen atoms in total. The van der Waals surface area contributed by atoms with Crippen LogP contribution in [0.4, 0.5) is 0 Å². The second kappa shape index (κ2) is 5.72. The highest BCUT2D eigenvalue weighted by Gasteiger charge is 2.22. The molecule has 3 atom stereocenters. The summed E-state index contributed by atoms with van der Waals surface area (Å²) in [5.74, 6) is 2.55. The van der Waals surface area contributed by atoms with E-state index in [4.69, 9.17) is 0 Å². The average Bonchev–Trinajstić information content (AvgIpc) is 2.01. The standard InChI is InChI=1S/C12H26N2/c1-10-5-11(2)8-14(7-10)9-12(3)6-13-4/h10-13H,5-9H2,1-4H3. The molecule has 0 radical (unpaired) electrons. The summed E-state index contributed by atoms with van der Waals surface area (Å²) in [6.07, 6.45) is 1.41. The van der Waals surface area contributed by atoms with Crippen molar-refractivity contribution < 1.29 is 0 Å². The van der Waals surface area contributed by atoms with Gasteiger partial charge in [0.2, 0.25) is 0 Å². The zero-order chi connectivity index (χ0) is 10.6. The molecular formula is C12H26N2. The molecule has 2 heteroatoms. The Morgan fingerprint density at radius 2 is 1.86 bits per heavy atom. The van der Waals surface area contributed by atoms with Gasteiger partial charge in [-0.15, -0.1) is 0 Å². The normalized spacial score (nSPS) is 31.7. The lowest BCUT2D eigenvalue weighted by atomic mass is 9.91. The molecule has 0 aromatic heterocycles. The van der Waals surface area contributed by atoms with Gasteiger partial charge in [0.25, 0.3) is 0 Å². The molecule has 1 aliphatic heterocycles. The molecule has 3 unspecified atom stereocenters. The van der Waals surface area contributed by atoms with Gasteiger partial charge >= 0.3 is 0 Å². The van der Waals surface area contributed by atoms with Crippen molar-refractivity contribution in [1.82, 2.24) is 10.2 Å². The molecule has 0 aliphatic carbocycles. The SMILES string of the molecule is CNCC(C)CN1CC(C)CC(C)C1. The molecule has 0 spiro atoms. The summed E-state index contributed by atoms with van der Waals surface area (Å²) < 4.78 is 0. The van der Waals surface area contributed by atoms with Crippen LogP contribution in [0.2, 0.25) is 0 Å². The lowest BCUT2D eigenvalue weighted by Gasteiger charge is -2.36. The molecule has 1 aliphatic rings. The van der Waals surface area contributed by atoms with Crippen LogP contribution in [0.1, 0.15) is 27.2 Å². The van der Waals surface area contributed by atoms with E-state index in [-0.39, 0.29) is 0 Å². The monoisotopic (exact) mass is 198 g/mol. The fourth-order valence-corrected chi connectivity index (χ4v) is 2.79. The minimum absolute atomic E-state index is 0.775. The van der Waals surface area contributed by atoms with Crippen LogP contribution in [0.5, 0.6) is 0 Å². The van der Waals surface area contributed by atoms with Gasteiger partial charge in [0.05, 0.1) is 0 Å². The fourth-order valence-electron chi connectivity index (χ4n) is 2.79. The topological polar surface area (TPSA) is 15.3 Å². The largest absolute Gasteiger partial charge is 0.319 e. The van der Waals surface area contributed by atoms with E-state index >= 15 is 0 Å². The first-order valence-electron chi connectivity index (χ1n) is 5.98. The molecule has 1 heterocycles. The van der Waals surface area contributed by atoms with Gasteiger partial charge in [-0.2, -0.15) is 0 Å². The summed E-state index contributed by atoms with van der Waals surface area (Å²) in [5, 5.41) is 3.25. The van der Waals surface area contributed by atoms with Crippen LogP contribution in [0.3, 0.4) is 0 Å². The first-order valence-corrected chi connectivity index (χ1v) is 5.98. The van der Waals surface area contributed by atoms with Gasteiger partial charge in [0.1, 0.15) is 0 Å². The maximum Gasteiger partial charge on any atom is 0.00194 e. The average molecular weight is 198 g/mol. The van der Waals surface area contributed by atoms with Crippen molar-refractivity contribution in [3.05, 3.63) is 0 Å². The van der Waals surface area contributed by atoms with E-state index in [1.165, 1.54) is 26.1 Å².